The van der Waals surface area contributed by atoms with E-state index in [0.717, 1.165) is 12.2 Å². The van der Waals surface area contributed by atoms with Crippen molar-refractivity contribution >= 4 is 11.9 Å². The van der Waals surface area contributed by atoms with E-state index in [4.69, 9.17) is 5.73 Å². The molecule has 0 fully saturated rings. The lowest BCUT2D eigenvalue weighted by Gasteiger charge is -2.17. The third-order valence-corrected chi connectivity index (χ3v) is 2.62. The number of aromatic nitrogens is 2. The maximum absolute atomic E-state index is 12.1. The van der Waals surface area contributed by atoms with E-state index in [0.29, 0.717) is 12.2 Å². The molecule has 0 atom stereocenters. The summed E-state index contributed by atoms with van der Waals surface area (Å²) >= 11 is 0. The average Bonchev–Trinajstić information content (AvgIpc) is 2.34. The van der Waals surface area contributed by atoms with Gasteiger partial charge in [0.25, 0.3) is 5.91 Å². The SMILES string of the molecule is CNCCN(C)C(=O)c1cc(C(C)C)nc(N)n1. The molecule has 6 nitrogen and oxygen atoms in total. The van der Waals surface area contributed by atoms with E-state index in [1.165, 1.54) is 0 Å². The van der Waals surface area contributed by atoms with Gasteiger partial charge in [-0.05, 0) is 19.0 Å². The van der Waals surface area contributed by atoms with Gasteiger partial charge < -0.3 is 16.0 Å². The first-order valence-corrected chi connectivity index (χ1v) is 6.00. The molecule has 0 aliphatic heterocycles. The van der Waals surface area contributed by atoms with Gasteiger partial charge in [-0.25, -0.2) is 9.97 Å². The minimum absolute atomic E-state index is 0.138. The Hall–Kier alpha value is -1.69. The summed E-state index contributed by atoms with van der Waals surface area (Å²) in [5.41, 5.74) is 6.77. The fourth-order valence-corrected chi connectivity index (χ4v) is 1.47. The molecule has 0 saturated heterocycles. The number of nitrogens with two attached hydrogens (primary N) is 1. The Labute approximate surface area is 108 Å². The third kappa shape index (κ3) is 3.66. The number of amides is 1. The molecule has 0 bridgehead atoms. The van der Waals surface area contributed by atoms with Crippen LogP contribution in [0.15, 0.2) is 6.07 Å². The Balaban J connectivity index is 2.91. The van der Waals surface area contributed by atoms with Crippen molar-refractivity contribution < 1.29 is 4.79 Å². The topological polar surface area (TPSA) is 84.1 Å². The summed E-state index contributed by atoms with van der Waals surface area (Å²) in [6.45, 7) is 5.36. The van der Waals surface area contributed by atoms with Crippen molar-refractivity contribution in [2.75, 3.05) is 32.9 Å². The molecule has 0 aromatic carbocycles. The summed E-state index contributed by atoms with van der Waals surface area (Å²) in [4.78, 5) is 21.9. The van der Waals surface area contributed by atoms with E-state index >= 15 is 0 Å². The summed E-state index contributed by atoms with van der Waals surface area (Å²) < 4.78 is 0. The van der Waals surface area contributed by atoms with Crippen LogP contribution in [-0.2, 0) is 0 Å². The van der Waals surface area contributed by atoms with Crippen molar-refractivity contribution in [3.05, 3.63) is 17.5 Å². The minimum Gasteiger partial charge on any atom is -0.368 e. The molecule has 0 spiro atoms. The van der Waals surface area contributed by atoms with E-state index < -0.39 is 0 Å². The maximum atomic E-state index is 12.1. The van der Waals surface area contributed by atoms with Gasteiger partial charge in [0.15, 0.2) is 0 Å². The fourth-order valence-electron chi connectivity index (χ4n) is 1.47. The number of likely N-dealkylation sites (N-methyl/N-ethyl adjacent to an activating group) is 2. The number of carbonyl (C=O) groups excluding carboxylic acids is 1. The molecule has 0 unspecified atom stereocenters. The van der Waals surface area contributed by atoms with Gasteiger partial charge in [0, 0.05) is 25.8 Å². The summed E-state index contributed by atoms with van der Waals surface area (Å²) in [6, 6.07) is 1.71. The Morgan fingerprint density at radius 1 is 1.50 bits per heavy atom. The second-order valence-electron chi connectivity index (χ2n) is 4.52. The molecular formula is C12H21N5O. The predicted octanol–water partition coefficient (Wildman–Crippen LogP) is 0.474. The van der Waals surface area contributed by atoms with Crippen LogP contribution >= 0.6 is 0 Å². The normalized spacial score (nSPS) is 10.7. The smallest absolute Gasteiger partial charge is 0.272 e. The fraction of sp³-hybridized carbons (Fsp3) is 0.583. The van der Waals surface area contributed by atoms with Crippen molar-refractivity contribution in [2.24, 2.45) is 0 Å². The molecule has 0 aliphatic rings. The van der Waals surface area contributed by atoms with Crippen molar-refractivity contribution in [2.45, 2.75) is 19.8 Å². The molecule has 3 N–H and O–H groups in total. The van der Waals surface area contributed by atoms with Crippen molar-refractivity contribution in [1.82, 2.24) is 20.2 Å². The first-order chi connectivity index (χ1) is 8.45. The van der Waals surface area contributed by atoms with Crippen LogP contribution in [0.3, 0.4) is 0 Å². The largest absolute Gasteiger partial charge is 0.368 e. The van der Waals surface area contributed by atoms with Crippen molar-refractivity contribution in [3.63, 3.8) is 0 Å². The number of carbonyl (C=O) groups is 1. The van der Waals surface area contributed by atoms with Gasteiger partial charge in [-0.3, -0.25) is 4.79 Å². The lowest BCUT2D eigenvalue weighted by atomic mass is 10.1. The first kappa shape index (κ1) is 14.4. The molecule has 6 heteroatoms. The van der Waals surface area contributed by atoms with Crippen LogP contribution in [0.25, 0.3) is 0 Å². The highest BCUT2D eigenvalue weighted by atomic mass is 16.2. The van der Waals surface area contributed by atoms with Crippen molar-refractivity contribution in [1.29, 1.82) is 0 Å². The van der Waals surface area contributed by atoms with E-state index in [2.05, 4.69) is 15.3 Å². The first-order valence-electron chi connectivity index (χ1n) is 6.00. The van der Waals surface area contributed by atoms with Gasteiger partial charge >= 0.3 is 0 Å². The molecule has 1 amide bonds. The minimum atomic E-state index is -0.138. The van der Waals surface area contributed by atoms with Gasteiger partial charge in [0.2, 0.25) is 5.95 Å². The highest BCUT2D eigenvalue weighted by Gasteiger charge is 2.15. The van der Waals surface area contributed by atoms with E-state index in [-0.39, 0.29) is 17.8 Å². The number of hydrogen-bond donors (Lipinski definition) is 2. The number of hydrogen-bond acceptors (Lipinski definition) is 5. The van der Waals surface area contributed by atoms with Gasteiger partial charge in [-0.15, -0.1) is 0 Å². The van der Waals surface area contributed by atoms with Crippen LogP contribution in [0.4, 0.5) is 5.95 Å². The lowest BCUT2D eigenvalue weighted by molar-refractivity contribution is 0.0791. The number of rotatable bonds is 5. The number of nitrogens with zero attached hydrogens (tertiary/aromatic N) is 3. The van der Waals surface area contributed by atoms with Crippen molar-refractivity contribution in [3.8, 4) is 0 Å². The summed E-state index contributed by atoms with van der Waals surface area (Å²) in [5, 5.41) is 2.99. The molecule has 100 valence electrons. The lowest BCUT2D eigenvalue weighted by Crippen LogP contribution is -2.33. The van der Waals surface area contributed by atoms with Gasteiger partial charge in [0.05, 0.1) is 0 Å². The van der Waals surface area contributed by atoms with Crippen LogP contribution in [0.5, 0.6) is 0 Å². The average molecular weight is 251 g/mol. The Bertz CT molecular complexity index is 419. The van der Waals surface area contributed by atoms with Crippen LogP contribution in [0, 0.1) is 0 Å². The van der Waals surface area contributed by atoms with Crippen LogP contribution in [0.1, 0.15) is 35.9 Å². The van der Waals surface area contributed by atoms with E-state index in [1.807, 2.05) is 20.9 Å². The third-order valence-electron chi connectivity index (χ3n) is 2.62. The monoisotopic (exact) mass is 251 g/mol. The maximum Gasteiger partial charge on any atom is 0.272 e. The molecular weight excluding hydrogens is 230 g/mol. The Morgan fingerprint density at radius 2 is 2.17 bits per heavy atom. The predicted molar refractivity (Wildman–Crippen MR) is 71.4 cm³/mol. The van der Waals surface area contributed by atoms with Gasteiger partial charge in [0.1, 0.15) is 5.69 Å². The number of nitrogens with one attached hydrogen (secondary N) is 1. The standard InChI is InChI=1S/C12H21N5O/c1-8(2)9-7-10(16-12(13)15-9)11(18)17(4)6-5-14-3/h7-8,14H,5-6H2,1-4H3,(H2,13,15,16). The quantitative estimate of drug-likeness (QED) is 0.795. The Morgan fingerprint density at radius 3 is 2.72 bits per heavy atom. The highest BCUT2D eigenvalue weighted by molar-refractivity contribution is 5.92. The zero-order valence-corrected chi connectivity index (χ0v) is 11.4. The van der Waals surface area contributed by atoms with Crippen LogP contribution < -0.4 is 11.1 Å². The van der Waals surface area contributed by atoms with Crippen LogP contribution in [0.2, 0.25) is 0 Å². The van der Waals surface area contributed by atoms with E-state index in [1.54, 1.807) is 18.0 Å². The highest BCUT2D eigenvalue weighted by Crippen LogP contribution is 2.14. The van der Waals surface area contributed by atoms with E-state index in [9.17, 15) is 4.79 Å². The zero-order valence-electron chi connectivity index (χ0n) is 11.4. The summed E-state index contributed by atoms with van der Waals surface area (Å²) in [7, 11) is 3.59. The molecule has 0 aliphatic carbocycles. The Kier molecular flexibility index (Phi) is 5.03. The molecule has 1 aromatic heterocycles. The zero-order chi connectivity index (χ0) is 13.7. The molecule has 1 aromatic rings. The summed E-state index contributed by atoms with van der Waals surface area (Å²) in [5.74, 6) is 0.220. The number of nitrogen functional groups attached to an aromatic ring is 1. The molecule has 18 heavy (non-hydrogen) atoms. The second-order valence-corrected chi connectivity index (χ2v) is 4.52. The van der Waals surface area contributed by atoms with Gasteiger partial charge in [-0.2, -0.15) is 0 Å². The van der Waals surface area contributed by atoms with Crippen LogP contribution in [-0.4, -0.2) is 48.0 Å². The second kappa shape index (κ2) is 6.30. The molecule has 1 heterocycles. The summed E-state index contributed by atoms with van der Waals surface area (Å²) in [6.07, 6.45) is 0. The van der Waals surface area contributed by atoms with Gasteiger partial charge in [-0.1, -0.05) is 13.8 Å². The molecule has 1 rings (SSSR count). The molecule has 0 radical (unpaired) electrons. The molecule has 0 saturated carbocycles. The number of anilines is 1.